The van der Waals surface area contributed by atoms with E-state index >= 15 is 0 Å². The fourth-order valence-electron chi connectivity index (χ4n) is 1.90. The summed E-state index contributed by atoms with van der Waals surface area (Å²) in [6.45, 7) is 4.08. The Bertz CT molecular complexity index is 408. The number of amides is 1. The van der Waals surface area contributed by atoms with Crippen LogP contribution in [0.1, 0.15) is 15.9 Å². The Morgan fingerprint density at radius 3 is 3.18 bits per heavy atom. The molecule has 1 aromatic heterocycles. The van der Waals surface area contributed by atoms with E-state index < -0.39 is 0 Å². The van der Waals surface area contributed by atoms with E-state index in [9.17, 15) is 4.79 Å². The first-order valence-corrected chi connectivity index (χ1v) is 5.73. The van der Waals surface area contributed by atoms with Gasteiger partial charge < -0.3 is 15.4 Å². The largest absolute Gasteiger partial charge is 0.373 e. The van der Waals surface area contributed by atoms with Crippen molar-refractivity contribution in [1.29, 1.82) is 0 Å². The molecule has 1 fully saturated rings. The maximum absolute atomic E-state index is 12.2. The molecule has 2 N–H and O–H groups in total. The second-order valence-electron chi connectivity index (χ2n) is 4.23. The highest BCUT2D eigenvalue weighted by atomic mass is 16.5. The highest BCUT2D eigenvalue weighted by Gasteiger charge is 2.24. The van der Waals surface area contributed by atoms with Gasteiger partial charge in [-0.3, -0.25) is 9.78 Å². The number of morpholine rings is 1. The number of carbonyl (C=O) groups excluding carboxylic acids is 1. The molecule has 1 amide bonds. The second kappa shape index (κ2) is 5.25. The topological polar surface area (TPSA) is 68.5 Å². The minimum absolute atomic E-state index is 0.00273. The fraction of sp³-hybridized carbons (Fsp3) is 0.500. The summed E-state index contributed by atoms with van der Waals surface area (Å²) in [5, 5.41) is 0. The number of rotatable bonds is 2. The molecule has 92 valence electrons. The van der Waals surface area contributed by atoms with Crippen LogP contribution in [0.15, 0.2) is 18.5 Å². The van der Waals surface area contributed by atoms with Crippen molar-refractivity contribution in [2.75, 3.05) is 26.2 Å². The molecule has 0 radical (unpaired) electrons. The summed E-state index contributed by atoms with van der Waals surface area (Å²) in [7, 11) is 0. The Morgan fingerprint density at radius 2 is 2.47 bits per heavy atom. The lowest BCUT2D eigenvalue weighted by Gasteiger charge is -2.32. The molecule has 1 aliphatic heterocycles. The molecule has 1 aromatic rings. The first-order chi connectivity index (χ1) is 8.20. The molecule has 1 saturated heterocycles. The zero-order chi connectivity index (χ0) is 12.3. The molecule has 1 atom stereocenters. The summed E-state index contributed by atoms with van der Waals surface area (Å²) < 4.78 is 5.43. The Labute approximate surface area is 101 Å². The van der Waals surface area contributed by atoms with Gasteiger partial charge in [-0.25, -0.2) is 0 Å². The van der Waals surface area contributed by atoms with Crippen LogP contribution < -0.4 is 5.73 Å². The van der Waals surface area contributed by atoms with Crippen molar-refractivity contribution in [3.8, 4) is 0 Å². The van der Waals surface area contributed by atoms with E-state index in [2.05, 4.69) is 4.98 Å². The van der Waals surface area contributed by atoms with E-state index in [-0.39, 0.29) is 12.0 Å². The van der Waals surface area contributed by atoms with Gasteiger partial charge >= 0.3 is 0 Å². The summed E-state index contributed by atoms with van der Waals surface area (Å²) in [6, 6.07) is 1.85. The summed E-state index contributed by atoms with van der Waals surface area (Å²) >= 11 is 0. The molecule has 5 heteroatoms. The van der Waals surface area contributed by atoms with Crippen molar-refractivity contribution < 1.29 is 9.53 Å². The van der Waals surface area contributed by atoms with Crippen molar-refractivity contribution in [2.45, 2.75) is 13.0 Å². The van der Waals surface area contributed by atoms with E-state index in [1.54, 1.807) is 17.3 Å². The molecule has 0 bridgehead atoms. The van der Waals surface area contributed by atoms with Gasteiger partial charge in [-0.05, 0) is 18.6 Å². The van der Waals surface area contributed by atoms with E-state index in [1.807, 2.05) is 13.0 Å². The normalized spacial score (nSPS) is 20.4. The summed E-state index contributed by atoms with van der Waals surface area (Å²) in [4.78, 5) is 18.0. The molecule has 17 heavy (non-hydrogen) atoms. The van der Waals surface area contributed by atoms with Gasteiger partial charge in [0.25, 0.3) is 5.91 Å². The third-order valence-corrected chi connectivity index (χ3v) is 2.81. The number of ether oxygens (including phenoxy) is 1. The monoisotopic (exact) mass is 235 g/mol. The molecule has 0 saturated carbocycles. The Morgan fingerprint density at radius 1 is 1.65 bits per heavy atom. The van der Waals surface area contributed by atoms with E-state index in [1.165, 1.54) is 0 Å². The van der Waals surface area contributed by atoms with Crippen molar-refractivity contribution in [2.24, 2.45) is 5.73 Å². The Kier molecular flexibility index (Phi) is 3.71. The number of nitrogens with two attached hydrogens (primary N) is 1. The predicted octanol–water partition coefficient (Wildman–Crippen LogP) is 0.190. The number of aryl methyl sites for hydroxylation is 1. The van der Waals surface area contributed by atoms with Crippen LogP contribution in [0.3, 0.4) is 0 Å². The third kappa shape index (κ3) is 2.81. The minimum atomic E-state index is -0.0505. The average Bonchev–Trinajstić information content (AvgIpc) is 2.38. The second-order valence-corrected chi connectivity index (χ2v) is 4.23. The molecular weight excluding hydrogens is 218 g/mol. The first-order valence-electron chi connectivity index (χ1n) is 5.73. The number of hydrogen-bond acceptors (Lipinski definition) is 4. The number of carbonyl (C=O) groups is 1. The standard InChI is InChI=1S/C12H17N3O2/c1-9-4-10(7-14-6-9)12(16)15-2-3-17-11(5-13)8-15/h4,6-7,11H,2-3,5,8,13H2,1H3. The zero-order valence-electron chi connectivity index (χ0n) is 9.93. The van der Waals surface area contributed by atoms with Crippen LogP contribution in [-0.4, -0.2) is 48.1 Å². The van der Waals surface area contributed by atoms with Gasteiger partial charge in [0, 0.05) is 32.0 Å². The van der Waals surface area contributed by atoms with E-state index in [0.29, 0.717) is 31.8 Å². The molecule has 5 nitrogen and oxygen atoms in total. The Hall–Kier alpha value is -1.46. The molecule has 0 spiro atoms. The molecule has 1 aliphatic rings. The number of nitrogens with zero attached hydrogens (tertiary/aromatic N) is 2. The molecule has 2 heterocycles. The van der Waals surface area contributed by atoms with Crippen LogP contribution in [0.25, 0.3) is 0 Å². The quantitative estimate of drug-likeness (QED) is 0.794. The van der Waals surface area contributed by atoms with Crippen LogP contribution in [0.5, 0.6) is 0 Å². The molecule has 1 unspecified atom stereocenters. The maximum Gasteiger partial charge on any atom is 0.255 e. The SMILES string of the molecule is Cc1cncc(C(=O)N2CCOC(CN)C2)c1. The van der Waals surface area contributed by atoms with Gasteiger partial charge in [-0.1, -0.05) is 0 Å². The van der Waals surface area contributed by atoms with Crippen LogP contribution in [0.4, 0.5) is 0 Å². The van der Waals surface area contributed by atoms with E-state index in [0.717, 1.165) is 5.56 Å². The fourth-order valence-corrected chi connectivity index (χ4v) is 1.90. The smallest absolute Gasteiger partial charge is 0.255 e. The van der Waals surface area contributed by atoms with Gasteiger partial charge in [-0.15, -0.1) is 0 Å². The Balaban J connectivity index is 2.09. The minimum Gasteiger partial charge on any atom is -0.373 e. The number of aromatic nitrogens is 1. The van der Waals surface area contributed by atoms with Gasteiger partial charge in [0.2, 0.25) is 0 Å². The molecule has 0 aliphatic carbocycles. The highest BCUT2D eigenvalue weighted by Crippen LogP contribution is 2.10. The summed E-state index contributed by atoms with van der Waals surface area (Å²) in [5.74, 6) is 0.00273. The summed E-state index contributed by atoms with van der Waals surface area (Å²) in [5.41, 5.74) is 7.17. The number of pyridine rings is 1. The van der Waals surface area contributed by atoms with Crippen LogP contribution in [-0.2, 0) is 4.74 Å². The average molecular weight is 235 g/mol. The first kappa shape index (κ1) is 12.0. The van der Waals surface area contributed by atoms with Crippen molar-refractivity contribution in [1.82, 2.24) is 9.88 Å². The highest BCUT2D eigenvalue weighted by molar-refractivity contribution is 5.94. The van der Waals surface area contributed by atoms with Crippen LogP contribution in [0, 0.1) is 6.92 Å². The van der Waals surface area contributed by atoms with Gasteiger partial charge in [0.15, 0.2) is 0 Å². The molecular formula is C12H17N3O2. The van der Waals surface area contributed by atoms with Gasteiger partial charge in [0.05, 0.1) is 18.3 Å². The number of hydrogen-bond donors (Lipinski definition) is 1. The molecule has 0 aromatic carbocycles. The maximum atomic E-state index is 12.2. The third-order valence-electron chi connectivity index (χ3n) is 2.81. The molecule has 2 rings (SSSR count). The van der Waals surface area contributed by atoms with Crippen molar-refractivity contribution in [3.05, 3.63) is 29.6 Å². The van der Waals surface area contributed by atoms with Gasteiger partial charge in [-0.2, -0.15) is 0 Å². The van der Waals surface area contributed by atoms with Crippen molar-refractivity contribution >= 4 is 5.91 Å². The van der Waals surface area contributed by atoms with Crippen LogP contribution in [0.2, 0.25) is 0 Å². The van der Waals surface area contributed by atoms with Crippen LogP contribution >= 0.6 is 0 Å². The lowest BCUT2D eigenvalue weighted by Crippen LogP contribution is -2.48. The van der Waals surface area contributed by atoms with E-state index in [4.69, 9.17) is 10.5 Å². The van der Waals surface area contributed by atoms with Crippen molar-refractivity contribution in [3.63, 3.8) is 0 Å². The predicted molar refractivity (Wildman–Crippen MR) is 63.7 cm³/mol. The lowest BCUT2D eigenvalue weighted by atomic mass is 10.2. The lowest BCUT2D eigenvalue weighted by molar-refractivity contribution is -0.0167. The summed E-state index contributed by atoms with van der Waals surface area (Å²) in [6.07, 6.45) is 3.28. The zero-order valence-corrected chi connectivity index (χ0v) is 9.93. The van der Waals surface area contributed by atoms with Gasteiger partial charge in [0.1, 0.15) is 0 Å².